The molecule has 0 heterocycles. The number of benzene rings is 1. The summed E-state index contributed by atoms with van der Waals surface area (Å²) in [4.78, 5) is 11.5. The molecular formula is C12H15FN2O2. The molecule has 1 saturated carbocycles. The van der Waals surface area contributed by atoms with Crippen molar-refractivity contribution in [2.45, 2.75) is 24.9 Å². The summed E-state index contributed by atoms with van der Waals surface area (Å²) < 4.78 is 17.7. The molecule has 3 N–H and O–H groups in total. The van der Waals surface area contributed by atoms with Gasteiger partial charge in [-0.15, -0.1) is 0 Å². The average Bonchev–Trinajstić information content (AvgIpc) is 2.28. The van der Waals surface area contributed by atoms with Crippen molar-refractivity contribution in [2.75, 3.05) is 12.4 Å². The molecule has 0 saturated heterocycles. The molecule has 0 aliphatic heterocycles. The van der Waals surface area contributed by atoms with Crippen LogP contribution in [-0.4, -0.2) is 25.2 Å². The zero-order valence-electron chi connectivity index (χ0n) is 9.57. The topological polar surface area (TPSA) is 64.3 Å². The first kappa shape index (κ1) is 11.9. The predicted molar refractivity (Wildman–Crippen MR) is 62.4 cm³/mol. The summed E-state index contributed by atoms with van der Waals surface area (Å²) in [5.74, 6) is -1.00. The molecule has 17 heavy (non-hydrogen) atoms. The molecular weight excluding hydrogens is 223 g/mol. The van der Waals surface area contributed by atoms with E-state index in [0.717, 1.165) is 12.8 Å². The second-order valence-electron chi connectivity index (χ2n) is 4.25. The lowest BCUT2D eigenvalue weighted by molar-refractivity contribution is 0.0601. The van der Waals surface area contributed by atoms with Gasteiger partial charge in [0.15, 0.2) is 0 Å². The molecule has 0 aromatic heterocycles. The molecule has 2 rings (SSSR count). The van der Waals surface area contributed by atoms with E-state index in [9.17, 15) is 9.18 Å². The Balaban J connectivity index is 2.17. The number of methoxy groups -OCH3 is 1. The molecule has 1 aromatic carbocycles. The smallest absolute Gasteiger partial charge is 0.340 e. The maximum absolute atomic E-state index is 13.1. The van der Waals surface area contributed by atoms with E-state index in [1.807, 2.05) is 0 Å². The van der Waals surface area contributed by atoms with Crippen molar-refractivity contribution >= 4 is 11.7 Å². The normalized spacial score (nSPS) is 22.8. The van der Waals surface area contributed by atoms with Crippen LogP contribution in [0, 0.1) is 5.82 Å². The number of rotatable bonds is 3. The molecule has 0 spiro atoms. The average molecular weight is 238 g/mol. The fraction of sp³-hybridized carbons (Fsp3) is 0.417. The molecule has 4 nitrogen and oxygen atoms in total. The standard InChI is InChI=1S/C12H15FN2O2/c1-17-12(16)10-4-7(13)2-3-11(10)15-9-5-8(14)6-9/h2-4,8-9,15H,5-6,14H2,1H3. The summed E-state index contributed by atoms with van der Waals surface area (Å²) in [6.07, 6.45) is 1.72. The number of esters is 1. The SMILES string of the molecule is COC(=O)c1cc(F)ccc1NC1CC(N)C1. The van der Waals surface area contributed by atoms with E-state index < -0.39 is 11.8 Å². The van der Waals surface area contributed by atoms with Crippen molar-refractivity contribution in [3.63, 3.8) is 0 Å². The van der Waals surface area contributed by atoms with Gasteiger partial charge in [0.1, 0.15) is 5.82 Å². The molecule has 1 aliphatic carbocycles. The summed E-state index contributed by atoms with van der Waals surface area (Å²) in [5, 5.41) is 3.17. The van der Waals surface area contributed by atoms with Crippen LogP contribution in [0.1, 0.15) is 23.2 Å². The quantitative estimate of drug-likeness (QED) is 0.783. The van der Waals surface area contributed by atoms with E-state index in [4.69, 9.17) is 5.73 Å². The van der Waals surface area contributed by atoms with Crippen LogP contribution in [0.4, 0.5) is 10.1 Å². The van der Waals surface area contributed by atoms with Gasteiger partial charge in [0, 0.05) is 17.8 Å². The number of carbonyl (C=O) groups excluding carboxylic acids is 1. The van der Waals surface area contributed by atoms with E-state index in [0.29, 0.717) is 5.69 Å². The Morgan fingerprint density at radius 2 is 2.24 bits per heavy atom. The molecule has 0 amide bonds. The molecule has 92 valence electrons. The number of anilines is 1. The Kier molecular flexibility index (Phi) is 3.28. The minimum absolute atomic E-state index is 0.216. The summed E-state index contributed by atoms with van der Waals surface area (Å²) in [6.45, 7) is 0. The molecule has 0 bridgehead atoms. The van der Waals surface area contributed by atoms with Gasteiger partial charge in [-0.25, -0.2) is 9.18 Å². The third-order valence-corrected chi connectivity index (χ3v) is 2.92. The molecule has 5 heteroatoms. The van der Waals surface area contributed by atoms with E-state index in [-0.39, 0.29) is 17.6 Å². The van der Waals surface area contributed by atoms with Crippen LogP contribution in [0.5, 0.6) is 0 Å². The lowest BCUT2D eigenvalue weighted by atomic mass is 9.87. The van der Waals surface area contributed by atoms with E-state index in [1.165, 1.54) is 19.2 Å². The number of nitrogens with one attached hydrogen (secondary N) is 1. The lowest BCUT2D eigenvalue weighted by Crippen LogP contribution is -2.44. The minimum atomic E-state index is -0.546. The van der Waals surface area contributed by atoms with Crippen molar-refractivity contribution in [1.29, 1.82) is 0 Å². The Labute approximate surface area is 98.9 Å². The van der Waals surface area contributed by atoms with Crippen LogP contribution in [0.3, 0.4) is 0 Å². The zero-order chi connectivity index (χ0) is 12.4. The van der Waals surface area contributed by atoms with Crippen LogP contribution in [0.25, 0.3) is 0 Å². The first-order valence-corrected chi connectivity index (χ1v) is 5.50. The zero-order valence-corrected chi connectivity index (χ0v) is 9.57. The Morgan fingerprint density at radius 3 is 2.82 bits per heavy atom. The van der Waals surface area contributed by atoms with Crippen molar-refractivity contribution in [3.8, 4) is 0 Å². The van der Waals surface area contributed by atoms with Gasteiger partial charge in [0.2, 0.25) is 0 Å². The van der Waals surface area contributed by atoms with Crippen LogP contribution in [0.2, 0.25) is 0 Å². The maximum Gasteiger partial charge on any atom is 0.340 e. The Morgan fingerprint density at radius 1 is 1.53 bits per heavy atom. The highest BCUT2D eigenvalue weighted by Gasteiger charge is 2.27. The number of nitrogens with two attached hydrogens (primary N) is 1. The van der Waals surface area contributed by atoms with E-state index in [1.54, 1.807) is 6.07 Å². The predicted octanol–water partition coefficient (Wildman–Crippen LogP) is 1.51. The number of halogens is 1. The molecule has 1 aromatic rings. The molecule has 0 radical (unpaired) electrons. The number of carbonyl (C=O) groups is 1. The largest absolute Gasteiger partial charge is 0.465 e. The van der Waals surface area contributed by atoms with Crippen molar-refractivity contribution < 1.29 is 13.9 Å². The number of hydrogen-bond acceptors (Lipinski definition) is 4. The van der Waals surface area contributed by atoms with Crippen molar-refractivity contribution in [1.82, 2.24) is 0 Å². The Bertz CT molecular complexity index is 431. The third-order valence-electron chi connectivity index (χ3n) is 2.92. The Hall–Kier alpha value is -1.62. The highest BCUT2D eigenvalue weighted by molar-refractivity contribution is 5.95. The highest BCUT2D eigenvalue weighted by Crippen LogP contribution is 2.25. The van der Waals surface area contributed by atoms with Crippen LogP contribution in [0.15, 0.2) is 18.2 Å². The molecule has 1 fully saturated rings. The van der Waals surface area contributed by atoms with Gasteiger partial charge in [-0.2, -0.15) is 0 Å². The van der Waals surface area contributed by atoms with Gasteiger partial charge in [0.05, 0.1) is 12.7 Å². The first-order chi connectivity index (χ1) is 8.10. The molecule has 1 aliphatic rings. The highest BCUT2D eigenvalue weighted by atomic mass is 19.1. The van der Waals surface area contributed by atoms with Crippen LogP contribution < -0.4 is 11.1 Å². The van der Waals surface area contributed by atoms with Gasteiger partial charge in [-0.1, -0.05) is 0 Å². The molecule has 0 unspecified atom stereocenters. The van der Waals surface area contributed by atoms with Gasteiger partial charge < -0.3 is 15.8 Å². The fourth-order valence-electron chi connectivity index (χ4n) is 1.92. The van der Waals surface area contributed by atoms with Crippen molar-refractivity contribution in [2.24, 2.45) is 5.73 Å². The maximum atomic E-state index is 13.1. The first-order valence-electron chi connectivity index (χ1n) is 5.50. The summed E-state index contributed by atoms with van der Waals surface area (Å²) in [6, 6.07) is 4.50. The van der Waals surface area contributed by atoms with Gasteiger partial charge in [-0.05, 0) is 31.0 Å². The summed E-state index contributed by atoms with van der Waals surface area (Å²) >= 11 is 0. The van der Waals surface area contributed by atoms with Crippen molar-refractivity contribution in [3.05, 3.63) is 29.6 Å². The number of ether oxygens (including phenoxy) is 1. The molecule has 0 atom stereocenters. The minimum Gasteiger partial charge on any atom is -0.465 e. The van der Waals surface area contributed by atoms with E-state index in [2.05, 4.69) is 10.1 Å². The second-order valence-corrected chi connectivity index (χ2v) is 4.25. The monoisotopic (exact) mass is 238 g/mol. The van der Waals surface area contributed by atoms with E-state index >= 15 is 0 Å². The second kappa shape index (κ2) is 4.71. The fourth-order valence-corrected chi connectivity index (χ4v) is 1.92. The van der Waals surface area contributed by atoms with Crippen LogP contribution in [-0.2, 0) is 4.74 Å². The summed E-state index contributed by atoms with van der Waals surface area (Å²) in [5.41, 5.74) is 6.49. The van der Waals surface area contributed by atoms with Gasteiger partial charge in [-0.3, -0.25) is 0 Å². The summed E-state index contributed by atoms with van der Waals surface area (Å²) in [7, 11) is 1.27. The lowest BCUT2D eigenvalue weighted by Gasteiger charge is -2.34. The third kappa shape index (κ3) is 2.55. The van der Waals surface area contributed by atoms with Gasteiger partial charge >= 0.3 is 5.97 Å². The number of hydrogen-bond donors (Lipinski definition) is 2. The van der Waals surface area contributed by atoms with Gasteiger partial charge in [0.25, 0.3) is 0 Å². The van der Waals surface area contributed by atoms with Crippen LogP contribution >= 0.6 is 0 Å².